The molecule has 4 heteroatoms. The Bertz CT molecular complexity index is 317. The lowest BCUT2D eigenvalue weighted by Crippen LogP contribution is -2.15. The van der Waals surface area contributed by atoms with Crippen molar-refractivity contribution >= 4 is 27.7 Å². The summed E-state index contributed by atoms with van der Waals surface area (Å²) in [6.45, 7) is 1.99. The van der Waals surface area contributed by atoms with Gasteiger partial charge < -0.3 is 5.73 Å². The zero-order chi connectivity index (χ0) is 11.3. The molecule has 0 spiro atoms. The van der Waals surface area contributed by atoms with E-state index in [0.29, 0.717) is 5.75 Å². The maximum atomic E-state index is 13.4. The predicted molar refractivity (Wildman–Crippen MR) is 68.5 cm³/mol. The molecule has 0 saturated heterocycles. The standard InChI is InChI=1S/C11H15BrFNS/c1-8(14)4-5-15-7-9-2-3-10(12)6-11(9)13/h2-3,6,8H,4-5,7,14H2,1H3. The van der Waals surface area contributed by atoms with Crippen molar-refractivity contribution in [2.75, 3.05) is 5.75 Å². The Morgan fingerprint density at radius 1 is 1.53 bits per heavy atom. The van der Waals surface area contributed by atoms with Crippen LogP contribution in [0.3, 0.4) is 0 Å². The van der Waals surface area contributed by atoms with Crippen molar-refractivity contribution < 1.29 is 4.39 Å². The van der Waals surface area contributed by atoms with Crippen molar-refractivity contribution in [1.82, 2.24) is 0 Å². The van der Waals surface area contributed by atoms with Crippen LogP contribution in [0.1, 0.15) is 18.9 Å². The van der Waals surface area contributed by atoms with E-state index < -0.39 is 0 Å². The van der Waals surface area contributed by atoms with Gasteiger partial charge >= 0.3 is 0 Å². The van der Waals surface area contributed by atoms with Gasteiger partial charge in [0.15, 0.2) is 0 Å². The summed E-state index contributed by atoms with van der Waals surface area (Å²) in [5.74, 6) is 1.55. The SMILES string of the molecule is CC(N)CCSCc1ccc(Br)cc1F. The molecule has 1 nitrogen and oxygen atoms in total. The highest BCUT2D eigenvalue weighted by Gasteiger charge is 2.03. The Morgan fingerprint density at radius 3 is 2.87 bits per heavy atom. The van der Waals surface area contributed by atoms with Gasteiger partial charge in [-0.15, -0.1) is 0 Å². The van der Waals surface area contributed by atoms with E-state index in [1.807, 2.05) is 19.1 Å². The second kappa shape index (κ2) is 6.51. The summed E-state index contributed by atoms with van der Waals surface area (Å²) >= 11 is 4.95. The van der Waals surface area contributed by atoms with Gasteiger partial charge in [-0.2, -0.15) is 11.8 Å². The number of hydrogen-bond donors (Lipinski definition) is 1. The minimum atomic E-state index is -0.141. The topological polar surface area (TPSA) is 26.0 Å². The maximum absolute atomic E-state index is 13.4. The minimum absolute atomic E-state index is 0.141. The van der Waals surface area contributed by atoms with Crippen molar-refractivity contribution in [3.8, 4) is 0 Å². The number of hydrogen-bond acceptors (Lipinski definition) is 2. The molecule has 1 unspecified atom stereocenters. The van der Waals surface area contributed by atoms with E-state index in [2.05, 4.69) is 15.9 Å². The van der Waals surface area contributed by atoms with Crippen molar-refractivity contribution in [2.24, 2.45) is 5.73 Å². The molecule has 0 heterocycles. The summed E-state index contributed by atoms with van der Waals surface area (Å²) in [7, 11) is 0. The fourth-order valence-corrected chi connectivity index (χ4v) is 2.56. The van der Waals surface area contributed by atoms with E-state index in [4.69, 9.17) is 5.73 Å². The summed E-state index contributed by atoms with van der Waals surface area (Å²) in [4.78, 5) is 0. The smallest absolute Gasteiger partial charge is 0.128 e. The second-order valence-electron chi connectivity index (χ2n) is 3.55. The summed E-state index contributed by atoms with van der Waals surface area (Å²) in [5.41, 5.74) is 6.39. The summed E-state index contributed by atoms with van der Waals surface area (Å²) in [6.07, 6.45) is 0.975. The third kappa shape index (κ3) is 5.00. The molecule has 1 aromatic rings. The van der Waals surface area contributed by atoms with Crippen LogP contribution < -0.4 is 5.73 Å². The fourth-order valence-electron chi connectivity index (χ4n) is 1.09. The van der Waals surface area contributed by atoms with Gasteiger partial charge in [-0.1, -0.05) is 22.0 Å². The highest BCUT2D eigenvalue weighted by molar-refractivity contribution is 9.10. The number of halogens is 2. The summed E-state index contributed by atoms with van der Waals surface area (Å²) in [6, 6.07) is 5.41. The maximum Gasteiger partial charge on any atom is 0.128 e. The third-order valence-electron chi connectivity index (χ3n) is 1.99. The van der Waals surface area contributed by atoms with Crippen LogP contribution in [0.25, 0.3) is 0 Å². The third-order valence-corrected chi connectivity index (χ3v) is 3.52. The first-order valence-corrected chi connectivity index (χ1v) is 6.81. The second-order valence-corrected chi connectivity index (χ2v) is 5.58. The molecule has 0 aliphatic rings. The quantitative estimate of drug-likeness (QED) is 0.840. The molecule has 15 heavy (non-hydrogen) atoms. The van der Waals surface area contributed by atoms with Crippen molar-refractivity contribution in [2.45, 2.75) is 25.1 Å². The first-order chi connectivity index (χ1) is 7.09. The highest BCUT2D eigenvalue weighted by Crippen LogP contribution is 2.20. The van der Waals surface area contributed by atoms with Crippen LogP contribution in [0.15, 0.2) is 22.7 Å². The van der Waals surface area contributed by atoms with Crippen LogP contribution in [-0.4, -0.2) is 11.8 Å². The largest absolute Gasteiger partial charge is 0.328 e. The Balaban J connectivity index is 2.37. The average Bonchev–Trinajstić information content (AvgIpc) is 2.14. The minimum Gasteiger partial charge on any atom is -0.328 e. The van der Waals surface area contributed by atoms with E-state index in [1.165, 1.54) is 6.07 Å². The Morgan fingerprint density at radius 2 is 2.27 bits per heavy atom. The molecular weight excluding hydrogens is 277 g/mol. The first kappa shape index (κ1) is 13.0. The molecule has 84 valence electrons. The molecular formula is C11H15BrFNS. The molecule has 0 aliphatic carbocycles. The Labute approximate surface area is 103 Å². The zero-order valence-electron chi connectivity index (χ0n) is 8.67. The number of benzene rings is 1. The molecule has 0 bridgehead atoms. The number of thioether (sulfide) groups is 1. The Kier molecular flexibility index (Phi) is 5.64. The molecule has 0 aromatic heterocycles. The van der Waals surface area contributed by atoms with Crippen molar-refractivity contribution in [3.63, 3.8) is 0 Å². The molecule has 0 aliphatic heterocycles. The van der Waals surface area contributed by atoms with Crippen molar-refractivity contribution in [3.05, 3.63) is 34.1 Å². The van der Waals surface area contributed by atoms with Gasteiger partial charge in [0.1, 0.15) is 5.82 Å². The molecule has 1 aromatic carbocycles. The van der Waals surface area contributed by atoms with Gasteiger partial charge in [0.2, 0.25) is 0 Å². The molecule has 0 radical (unpaired) electrons. The lowest BCUT2D eigenvalue weighted by atomic mass is 10.2. The van der Waals surface area contributed by atoms with Crippen LogP contribution >= 0.6 is 27.7 Å². The van der Waals surface area contributed by atoms with E-state index in [1.54, 1.807) is 11.8 Å². The average molecular weight is 292 g/mol. The number of nitrogens with two attached hydrogens (primary N) is 1. The van der Waals surface area contributed by atoms with Crippen LogP contribution in [0.2, 0.25) is 0 Å². The highest BCUT2D eigenvalue weighted by atomic mass is 79.9. The van der Waals surface area contributed by atoms with Crippen LogP contribution in [0.5, 0.6) is 0 Å². The molecule has 1 rings (SSSR count). The van der Waals surface area contributed by atoms with Crippen LogP contribution in [-0.2, 0) is 5.75 Å². The zero-order valence-corrected chi connectivity index (χ0v) is 11.1. The Hall–Kier alpha value is -0.0600. The van der Waals surface area contributed by atoms with Gasteiger partial charge in [-0.25, -0.2) is 4.39 Å². The fraction of sp³-hybridized carbons (Fsp3) is 0.455. The molecule has 0 fully saturated rings. The molecule has 0 saturated carbocycles. The van der Waals surface area contributed by atoms with E-state index in [9.17, 15) is 4.39 Å². The monoisotopic (exact) mass is 291 g/mol. The van der Waals surface area contributed by atoms with Gasteiger partial charge in [0, 0.05) is 16.3 Å². The van der Waals surface area contributed by atoms with E-state index in [-0.39, 0.29) is 11.9 Å². The first-order valence-electron chi connectivity index (χ1n) is 4.87. The van der Waals surface area contributed by atoms with Crippen LogP contribution in [0.4, 0.5) is 4.39 Å². The van der Waals surface area contributed by atoms with Gasteiger partial charge in [-0.05, 0) is 36.8 Å². The van der Waals surface area contributed by atoms with Gasteiger partial charge in [0.25, 0.3) is 0 Å². The predicted octanol–water partition coefficient (Wildman–Crippen LogP) is 3.56. The lowest BCUT2D eigenvalue weighted by molar-refractivity contribution is 0.616. The summed E-state index contributed by atoms with van der Waals surface area (Å²) in [5, 5.41) is 0. The molecule has 0 amide bonds. The van der Waals surface area contributed by atoms with Gasteiger partial charge in [0.05, 0.1) is 0 Å². The lowest BCUT2D eigenvalue weighted by Gasteiger charge is -2.05. The molecule has 1 atom stereocenters. The summed E-state index contributed by atoms with van der Waals surface area (Å²) < 4.78 is 14.2. The van der Waals surface area contributed by atoms with Crippen molar-refractivity contribution in [1.29, 1.82) is 0 Å². The normalized spacial score (nSPS) is 12.8. The van der Waals surface area contributed by atoms with E-state index in [0.717, 1.165) is 22.2 Å². The van der Waals surface area contributed by atoms with Gasteiger partial charge in [-0.3, -0.25) is 0 Å². The molecule has 2 N–H and O–H groups in total. The van der Waals surface area contributed by atoms with Crippen LogP contribution in [0, 0.1) is 5.82 Å². The van der Waals surface area contributed by atoms with E-state index >= 15 is 0 Å². The number of rotatable bonds is 5.